The average molecular weight is 164 g/mol. The lowest BCUT2D eigenvalue weighted by molar-refractivity contribution is -0.105. The van der Waals surface area contributed by atoms with E-state index in [0.717, 1.165) is 0 Å². The molecule has 0 aliphatic carbocycles. The van der Waals surface area contributed by atoms with Crippen molar-refractivity contribution < 1.29 is 8.78 Å². The molecule has 0 saturated heterocycles. The Hall–Kier alpha value is -0.140. The van der Waals surface area contributed by atoms with E-state index in [2.05, 4.69) is 0 Å². The molecule has 0 bridgehead atoms. The summed E-state index contributed by atoms with van der Waals surface area (Å²) >= 11 is 0. The molecular weight excluding hydrogens is 146 g/mol. The van der Waals surface area contributed by atoms with Crippen LogP contribution in [0.5, 0.6) is 0 Å². The first kappa shape index (κ1) is 10.9. The van der Waals surface area contributed by atoms with Gasteiger partial charge in [0.05, 0.1) is 0 Å². The monoisotopic (exact) mass is 164 g/mol. The number of alkyl halides is 2. The van der Waals surface area contributed by atoms with Crippen LogP contribution in [-0.2, 0) is 0 Å². The summed E-state index contributed by atoms with van der Waals surface area (Å²) in [7, 11) is 0. The van der Waals surface area contributed by atoms with E-state index in [1.165, 1.54) is 0 Å². The smallest absolute Gasteiger partial charge is 0.206 e. The Morgan fingerprint density at radius 1 is 0.909 bits per heavy atom. The number of rotatable bonds is 3. The Morgan fingerprint density at radius 3 is 1.36 bits per heavy atom. The highest BCUT2D eigenvalue weighted by molar-refractivity contribution is 4.78. The molecule has 0 amide bonds. The minimum Gasteiger partial charge on any atom is -0.206 e. The first-order valence-electron chi connectivity index (χ1n) is 4.18. The molecule has 0 saturated carbocycles. The Labute approximate surface area is 68.0 Å². The van der Waals surface area contributed by atoms with Crippen LogP contribution in [0.25, 0.3) is 0 Å². The summed E-state index contributed by atoms with van der Waals surface area (Å²) in [6.45, 7) is 8.42. The molecule has 0 fully saturated rings. The van der Waals surface area contributed by atoms with Gasteiger partial charge in [0.15, 0.2) is 0 Å². The largest absolute Gasteiger partial charge is 0.253 e. The zero-order chi connectivity index (χ0) is 9.23. The molecule has 0 aromatic rings. The molecular formula is C9H18F2. The summed E-state index contributed by atoms with van der Waals surface area (Å²) in [5.74, 6) is -3.55. The van der Waals surface area contributed by atoms with Gasteiger partial charge in [-0.3, -0.25) is 0 Å². The molecule has 68 valence electrons. The Bertz CT molecular complexity index is 117. The van der Waals surface area contributed by atoms with E-state index in [4.69, 9.17) is 0 Å². The van der Waals surface area contributed by atoms with Crippen LogP contribution in [0.4, 0.5) is 8.78 Å². The summed E-state index contributed by atoms with van der Waals surface area (Å²) < 4.78 is 26.4. The van der Waals surface area contributed by atoms with Crippen LogP contribution in [-0.4, -0.2) is 5.92 Å². The van der Waals surface area contributed by atoms with Crippen molar-refractivity contribution in [1.82, 2.24) is 0 Å². The topological polar surface area (TPSA) is 0 Å². The molecule has 0 aliphatic rings. The van der Waals surface area contributed by atoms with E-state index in [-0.39, 0.29) is 5.92 Å². The predicted molar refractivity (Wildman–Crippen MR) is 43.8 cm³/mol. The van der Waals surface area contributed by atoms with Crippen LogP contribution in [0.1, 0.15) is 34.6 Å². The molecule has 0 aromatic heterocycles. The molecule has 0 aliphatic heterocycles. The number of hydrogen-bond acceptors (Lipinski definition) is 0. The van der Waals surface area contributed by atoms with Gasteiger partial charge < -0.3 is 0 Å². The maximum absolute atomic E-state index is 13.2. The molecule has 0 spiro atoms. The predicted octanol–water partition coefficient (Wildman–Crippen LogP) is 3.57. The zero-order valence-electron chi connectivity index (χ0n) is 7.99. The van der Waals surface area contributed by atoms with Crippen molar-refractivity contribution in [1.29, 1.82) is 0 Å². The summed E-state index contributed by atoms with van der Waals surface area (Å²) in [6.07, 6.45) is 0. The van der Waals surface area contributed by atoms with Gasteiger partial charge in [0, 0.05) is 11.8 Å². The third-order valence-electron chi connectivity index (χ3n) is 2.38. The molecule has 0 radical (unpaired) electrons. The van der Waals surface area contributed by atoms with Gasteiger partial charge in [-0.05, 0) is 5.92 Å². The molecule has 1 atom stereocenters. The Kier molecular flexibility index (Phi) is 3.46. The number of hydrogen-bond donors (Lipinski definition) is 0. The maximum Gasteiger partial charge on any atom is 0.253 e. The standard InChI is InChI=1S/C9H18F2/c1-6(2)8(5)9(10,11)7(3)4/h6-8H,1-5H3/t8-/m0/s1. The summed E-state index contributed by atoms with van der Waals surface area (Å²) in [5, 5.41) is 0. The lowest BCUT2D eigenvalue weighted by atomic mass is 9.85. The minimum atomic E-state index is -2.52. The molecule has 2 heteroatoms. The highest BCUT2D eigenvalue weighted by Crippen LogP contribution is 2.36. The third kappa shape index (κ3) is 2.42. The van der Waals surface area contributed by atoms with Crippen LogP contribution < -0.4 is 0 Å². The second-order valence-corrected chi connectivity index (χ2v) is 3.86. The highest BCUT2D eigenvalue weighted by Gasteiger charge is 2.40. The van der Waals surface area contributed by atoms with Gasteiger partial charge in [-0.25, -0.2) is 8.78 Å². The first-order chi connectivity index (χ1) is 4.80. The average Bonchev–Trinajstić information content (AvgIpc) is 1.85. The fraction of sp³-hybridized carbons (Fsp3) is 1.00. The van der Waals surface area contributed by atoms with E-state index >= 15 is 0 Å². The first-order valence-corrected chi connectivity index (χ1v) is 4.18. The van der Waals surface area contributed by atoms with E-state index in [1.54, 1.807) is 20.8 Å². The van der Waals surface area contributed by atoms with E-state index in [9.17, 15) is 8.78 Å². The molecule has 0 rings (SSSR count). The lowest BCUT2D eigenvalue weighted by Gasteiger charge is -2.29. The van der Waals surface area contributed by atoms with Crippen molar-refractivity contribution in [2.45, 2.75) is 40.5 Å². The van der Waals surface area contributed by atoms with Crippen LogP contribution in [0.15, 0.2) is 0 Å². The molecule has 11 heavy (non-hydrogen) atoms. The summed E-state index contributed by atoms with van der Waals surface area (Å²) in [4.78, 5) is 0. The molecule has 0 heterocycles. The van der Waals surface area contributed by atoms with Crippen LogP contribution in [0.2, 0.25) is 0 Å². The van der Waals surface area contributed by atoms with E-state index in [1.807, 2.05) is 13.8 Å². The van der Waals surface area contributed by atoms with Gasteiger partial charge >= 0.3 is 0 Å². The summed E-state index contributed by atoms with van der Waals surface area (Å²) in [6, 6.07) is 0. The normalized spacial score (nSPS) is 16.1. The van der Waals surface area contributed by atoms with Crippen molar-refractivity contribution >= 4 is 0 Å². The zero-order valence-corrected chi connectivity index (χ0v) is 7.99. The molecule has 0 unspecified atom stereocenters. The van der Waals surface area contributed by atoms with Crippen LogP contribution >= 0.6 is 0 Å². The van der Waals surface area contributed by atoms with E-state index in [0.29, 0.717) is 0 Å². The van der Waals surface area contributed by atoms with Gasteiger partial charge in [0.1, 0.15) is 0 Å². The molecule has 0 aromatic carbocycles. The third-order valence-corrected chi connectivity index (χ3v) is 2.38. The van der Waals surface area contributed by atoms with Gasteiger partial charge in [0.2, 0.25) is 0 Å². The van der Waals surface area contributed by atoms with Gasteiger partial charge in [-0.2, -0.15) is 0 Å². The lowest BCUT2D eigenvalue weighted by Crippen LogP contribution is -2.35. The Balaban J connectivity index is 4.29. The van der Waals surface area contributed by atoms with Gasteiger partial charge in [0.25, 0.3) is 5.92 Å². The van der Waals surface area contributed by atoms with Crippen molar-refractivity contribution in [3.63, 3.8) is 0 Å². The number of halogens is 2. The van der Waals surface area contributed by atoms with Crippen molar-refractivity contribution in [2.24, 2.45) is 17.8 Å². The van der Waals surface area contributed by atoms with Gasteiger partial charge in [-0.1, -0.05) is 34.6 Å². The van der Waals surface area contributed by atoms with Crippen molar-refractivity contribution in [3.8, 4) is 0 Å². The van der Waals surface area contributed by atoms with Crippen LogP contribution in [0, 0.1) is 17.8 Å². The second kappa shape index (κ2) is 3.51. The molecule has 0 N–H and O–H groups in total. The second-order valence-electron chi connectivity index (χ2n) is 3.86. The van der Waals surface area contributed by atoms with E-state index < -0.39 is 17.8 Å². The summed E-state index contributed by atoms with van der Waals surface area (Å²) in [5.41, 5.74) is 0. The van der Waals surface area contributed by atoms with Crippen molar-refractivity contribution in [2.75, 3.05) is 0 Å². The fourth-order valence-electron chi connectivity index (χ4n) is 0.970. The highest BCUT2D eigenvalue weighted by atomic mass is 19.3. The molecule has 0 nitrogen and oxygen atoms in total. The Morgan fingerprint density at radius 2 is 1.27 bits per heavy atom. The van der Waals surface area contributed by atoms with Crippen LogP contribution in [0.3, 0.4) is 0 Å². The minimum absolute atomic E-state index is 0.0485. The SMILES string of the molecule is CC(C)[C@H](C)C(F)(F)C(C)C. The van der Waals surface area contributed by atoms with Gasteiger partial charge in [-0.15, -0.1) is 0 Å². The maximum atomic E-state index is 13.2. The van der Waals surface area contributed by atoms with Crippen molar-refractivity contribution in [3.05, 3.63) is 0 Å². The quantitative estimate of drug-likeness (QED) is 0.598. The fourth-order valence-corrected chi connectivity index (χ4v) is 0.970.